The van der Waals surface area contributed by atoms with Gasteiger partial charge in [-0.3, -0.25) is 0 Å². The molecule has 2 aromatic carbocycles. The molecule has 0 amide bonds. The summed E-state index contributed by atoms with van der Waals surface area (Å²) in [7, 11) is 0. The summed E-state index contributed by atoms with van der Waals surface area (Å²) in [5.41, 5.74) is 0.435. The first-order chi connectivity index (χ1) is 10.4. The lowest BCUT2D eigenvalue weighted by atomic mass is 10.1. The van der Waals surface area contributed by atoms with E-state index < -0.39 is 11.7 Å². The van der Waals surface area contributed by atoms with Crippen molar-refractivity contribution in [3.8, 4) is 5.75 Å². The highest BCUT2D eigenvalue weighted by atomic mass is 79.9. The quantitative estimate of drug-likeness (QED) is 0.541. The van der Waals surface area contributed by atoms with Gasteiger partial charge in [0.2, 0.25) is 0 Å². The number of ether oxygens (including phenoxy) is 1. The van der Waals surface area contributed by atoms with Gasteiger partial charge in [0.05, 0.1) is 8.96 Å². The summed E-state index contributed by atoms with van der Waals surface area (Å²) in [4.78, 5) is 0. The second-order valence-electron chi connectivity index (χ2n) is 4.46. The van der Waals surface area contributed by atoms with Crippen LogP contribution in [0.4, 0.5) is 13.2 Å². The van der Waals surface area contributed by atoms with Crippen LogP contribution in [0.25, 0.3) is 6.08 Å². The van der Waals surface area contributed by atoms with Crippen molar-refractivity contribution < 1.29 is 17.9 Å². The molecular weight excluding hydrogens is 425 g/mol. The van der Waals surface area contributed by atoms with Crippen molar-refractivity contribution in [2.75, 3.05) is 0 Å². The van der Waals surface area contributed by atoms with E-state index in [1.54, 1.807) is 18.2 Å². The fraction of sp³-hybridized carbons (Fsp3) is 0.125. The molecule has 22 heavy (non-hydrogen) atoms. The molecule has 0 N–H and O–H groups in total. The molecule has 0 fully saturated rings. The van der Waals surface area contributed by atoms with E-state index in [-0.39, 0.29) is 12.4 Å². The van der Waals surface area contributed by atoms with E-state index in [2.05, 4.69) is 31.9 Å². The normalized spacial score (nSPS) is 11.1. The summed E-state index contributed by atoms with van der Waals surface area (Å²) in [6.45, 7) is 0.0846. The van der Waals surface area contributed by atoms with Crippen molar-refractivity contribution in [2.45, 2.75) is 12.8 Å². The molecule has 6 heteroatoms. The largest absolute Gasteiger partial charge is 0.488 e. The van der Waals surface area contributed by atoms with E-state index in [4.69, 9.17) is 4.74 Å². The van der Waals surface area contributed by atoms with E-state index in [1.807, 2.05) is 18.2 Å². The third-order valence-corrected chi connectivity index (χ3v) is 3.28. The molecule has 0 aromatic heterocycles. The van der Waals surface area contributed by atoms with Gasteiger partial charge in [0.15, 0.2) is 0 Å². The molecule has 0 aliphatic heterocycles. The minimum Gasteiger partial charge on any atom is -0.488 e. The third kappa shape index (κ3) is 4.88. The summed E-state index contributed by atoms with van der Waals surface area (Å²) in [6.07, 6.45) is -2.94. The van der Waals surface area contributed by atoms with Crippen molar-refractivity contribution in [2.24, 2.45) is 0 Å². The van der Waals surface area contributed by atoms with E-state index in [1.165, 1.54) is 12.1 Å². The van der Waals surface area contributed by atoms with Crippen molar-refractivity contribution >= 4 is 37.9 Å². The number of halogens is 5. The molecule has 0 heterocycles. The average Bonchev–Trinajstić information content (AvgIpc) is 2.45. The molecular formula is C16H11Br2F3O. The van der Waals surface area contributed by atoms with Gasteiger partial charge in [-0.15, -0.1) is 0 Å². The molecule has 0 bridgehead atoms. The van der Waals surface area contributed by atoms with Crippen molar-refractivity contribution in [1.29, 1.82) is 0 Å². The van der Waals surface area contributed by atoms with Crippen LogP contribution in [0.5, 0.6) is 5.75 Å². The van der Waals surface area contributed by atoms with Gasteiger partial charge < -0.3 is 4.74 Å². The molecule has 0 radical (unpaired) electrons. The Kier molecular flexibility index (Phi) is 5.69. The number of benzene rings is 2. The molecule has 2 aromatic rings. The molecule has 0 aliphatic carbocycles. The van der Waals surface area contributed by atoms with Crippen LogP contribution in [0.15, 0.2) is 51.9 Å². The van der Waals surface area contributed by atoms with Crippen LogP contribution in [-0.4, -0.2) is 0 Å². The lowest BCUT2D eigenvalue weighted by Crippen LogP contribution is -2.09. The number of rotatable bonds is 4. The van der Waals surface area contributed by atoms with Crippen LogP contribution in [0, 0.1) is 0 Å². The Bertz CT molecular complexity index is 663. The maximum Gasteiger partial charge on any atom is 0.419 e. The van der Waals surface area contributed by atoms with Gasteiger partial charge in [0, 0.05) is 0 Å². The van der Waals surface area contributed by atoms with Crippen LogP contribution in [0.2, 0.25) is 0 Å². The summed E-state index contributed by atoms with van der Waals surface area (Å²) < 4.78 is 45.4. The van der Waals surface area contributed by atoms with Gasteiger partial charge >= 0.3 is 6.18 Å². The number of hydrogen-bond acceptors (Lipinski definition) is 1. The van der Waals surface area contributed by atoms with Crippen molar-refractivity contribution in [3.63, 3.8) is 0 Å². The average molecular weight is 436 g/mol. The van der Waals surface area contributed by atoms with Crippen LogP contribution < -0.4 is 4.74 Å². The second-order valence-corrected chi connectivity index (χ2v) is 7.23. The van der Waals surface area contributed by atoms with Gasteiger partial charge in [0.25, 0.3) is 0 Å². The Labute approximate surface area is 143 Å². The van der Waals surface area contributed by atoms with Crippen LogP contribution in [0.1, 0.15) is 16.7 Å². The lowest BCUT2D eigenvalue weighted by Gasteiger charge is -2.15. The highest BCUT2D eigenvalue weighted by Crippen LogP contribution is 2.37. The Balaban J connectivity index is 2.28. The zero-order valence-corrected chi connectivity index (χ0v) is 14.4. The van der Waals surface area contributed by atoms with Gasteiger partial charge in [-0.2, -0.15) is 13.2 Å². The zero-order chi connectivity index (χ0) is 16.2. The Morgan fingerprint density at radius 1 is 1.05 bits per heavy atom. The zero-order valence-electron chi connectivity index (χ0n) is 11.2. The SMILES string of the molecule is FC(F)(F)c1cc(C=C(Br)Br)ccc1OCc1ccccc1. The Hall–Kier alpha value is -1.27. The maximum absolute atomic E-state index is 13.2. The fourth-order valence-corrected chi connectivity index (χ4v) is 2.37. The van der Waals surface area contributed by atoms with Crippen LogP contribution in [-0.2, 0) is 12.8 Å². The summed E-state index contributed by atoms with van der Waals surface area (Å²) in [6, 6.07) is 13.0. The lowest BCUT2D eigenvalue weighted by molar-refractivity contribution is -0.139. The molecule has 116 valence electrons. The van der Waals surface area contributed by atoms with E-state index in [9.17, 15) is 13.2 Å². The van der Waals surface area contributed by atoms with Gasteiger partial charge in [-0.05, 0) is 61.2 Å². The predicted octanol–water partition coefficient (Wildman–Crippen LogP) is 6.37. The predicted molar refractivity (Wildman–Crippen MR) is 88.0 cm³/mol. The highest BCUT2D eigenvalue weighted by Gasteiger charge is 2.34. The molecule has 0 saturated carbocycles. The van der Waals surface area contributed by atoms with Crippen LogP contribution in [0.3, 0.4) is 0 Å². The number of hydrogen-bond donors (Lipinski definition) is 0. The standard InChI is InChI=1S/C16H11Br2F3O/c17-15(18)9-12-6-7-14(13(8-12)16(19,20)21)22-10-11-4-2-1-3-5-11/h1-9H,10H2. The van der Waals surface area contributed by atoms with Gasteiger partial charge in [0.1, 0.15) is 12.4 Å². The first-order valence-electron chi connectivity index (χ1n) is 6.27. The number of alkyl halides is 3. The second kappa shape index (κ2) is 7.33. The highest BCUT2D eigenvalue weighted by molar-refractivity contribution is 9.28. The molecule has 0 atom stereocenters. The van der Waals surface area contributed by atoms with Crippen LogP contribution >= 0.6 is 31.9 Å². The minimum atomic E-state index is -4.48. The monoisotopic (exact) mass is 434 g/mol. The topological polar surface area (TPSA) is 9.23 Å². The molecule has 1 nitrogen and oxygen atoms in total. The first kappa shape index (κ1) is 17.1. The van der Waals surface area contributed by atoms with Crippen molar-refractivity contribution in [3.05, 3.63) is 68.6 Å². The minimum absolute atomic E-state index is 0.0846. The van der Waals surface area contributed by atoms with E-state index in [0.29, 0.717) is 8.96 Å². The van der Waals surface area contributed by atoms with E-state index >= 15 is 0 Å². The molecule has 2 rings (SSSR count). The molecule has 0 aliphatic rings. The summed E-state index contributed by atoms with van der Waals surface area (Å²) in [5.74, 6) is -0.181. The van der Waals surface area contributed by atoms with E-state index in [0.717, 1.165) is 11.6 Å². The third-order valence-electron chi connectivity index (χ3n) is 2.82. The Morgan fingerprint density at radius 3 is 2.32 bits per heavy atom. The summed E-state index contributed by atoms with van der Waals surface area (Å²) in [5, 5.41) is 0. The van der Waals surface area contributed by atoms with Gasteiger partial charge in [-0.1, -0.05) is 36.4 Å². The fourth-order valence-electron chi connectivity index (χ4n) is 1.85. The van der Waals surface area contributed by atoms with Crippen molar-refractivity contribution in [1.82, 2.24) is 0 Å². The molecule has 0 unspecified atom stereocenters. The summed E-state index contributed by atoms with van der Waals surface area (Å²) >= 11 is 6.26. The maximum atomic E-state index is 13.2. The molecule has 0 spiro atoms. The molecule has 0 saturated heterocycles. The van der Waals surface area contributed by atoms with Gasteiger partial charge in [-0.25, -0.2) is 0 Å². The smallest absolute Gasteiger partial charge is 0.419 e. The Morgan fingerprint density at radius 2 is 1.73 bits per heavy atom. The first-order valence-corrected chi connectivity index (χ1v) is 7.85.